The van der Waals surface area contributed by atoms with Crippen LogP contribution >= 0.6 is 0 Å². The summed E-state index contributed by atoms with van der Waals surface area (Å²) in [5.41, 5.74) is 0. The summed E-state index contributed by atoms with van der Waals surface area (Å²) in [5, 5.41) is 8.26. The first-order valence-electron chi connectivity index (χ1n) is 2.94. The van der Waals surface area contributed by atoms with E-state index in [4.69, 9.17) is 9.84 Å². The van der Waals surface area contributed by atoms with E-state index in [2.05, 4.69) is 0 Å². The first-order valence-corrected chi connectivity index (χ1v) is 2.94. The highest BCUT2D eigenvalue weighted by atomic mass is 16.5. The van der Waals surface area contributed by atoms with Crippen molar-refractivity contribution in [3.8, 4) is 0 Å². The van der Waals surface area contributed by atoms with Gasteiger partial charge in [0.25, 0.3) is 0 Å². The molecule has 0 bridgehead atoms. The number of hydrogen-bond donors (Lipinski definition) is 1. The molecule has 1 heterocycles. The van der Waals surface area contributed by atoms with Crippen molar-refractivity contribution in [3.63, 3.8) is 0 Å². The molecule has 1 unspecified atom stereocenters. The fourth-order valence-corrected chi connectivity index (χ4v) is 0.886. The maximum Gasteiger partial charge on any atom is 0.307 e. The smallest absolute Gasteiger partial charge is 0.307 e. The van der Waals surface area contributed by atoms with E-state index < -0.39 is 5.97 Å². The van der Waals surface area contributed by atoms with Crippen LogP contribution in [0.4, 0.5) is 0 Å². The summed E-state index contributed by atoms with van der Waals surface area (Å²) in [4.78, 5) is 10.0. The first kappa shape index (κ1) is 6.55. The highest BCUT2D eigenvalue weighted by molar-refractivity contribution is 5.77. The highest BCUT2D eigenvalue weighted by Gasteiger charge is 2.18. The second-order valence-electron chi connectivity index (χ2n) is 2.13. The standard InChI is InChI=1S/C6H9O3/c7-6(8)3-5-1-2-9-4-5/h3,5H,1-2,4H2,(H,7,8). The third kappa shape index (κ3) is 2.01. The molecule has 0 spiro atoms. The Labute approximate surface area is 53.6 Å². The molecule has 1 aliphatic heterocycles. The van der Waals surface area contributed by atoms with Crippen LogP contribution < -0.4 is 0 Å². The average molecular weight is 129 g/mol. The summed E-state index contributed by atoms with van der Waals surface area (Å²) < 4.78 is 4.96. The molecule has 0 saturated carbocycles. The van der Waals surface area contributed by atoms with Crippen molar-refractivity contribution in [2.45, 2.75) is 6.42 Å². The van der Waals surface area contributed by atoms with Gasteiger partial charge < -0.3 is 9.84 Å². The summed E-state index contributed by atoms with van der Waals surface area (Å²) in [6.45, 7) is 1.28. The van der Waals surface area contributed by atoms with E-state index in [1.54, 1.807) is 0 Å². The van der Waals surface area contributed by atoms with Crippen molar-refractivity contribution >= 4 is 5.97 Å². The summed E-state index contributed by atoms with van der Waals surface area (Å²) in [6, 6.07) is 0. The number of hydrogen-bond acceptors (Lipinski definition) is 2. The number of carbonyl (C=O) groups is 1. The van der Waals surface area contributed by atoms with Gasteiger partial charge in [0.1, 0.15) is 0 Å². The molecule has 1 rings (SSSR count). The summed E-state index contributed by atoms with van der Waals surface area (Å²) in [7, 11) is 0. The average Bonchev–Trinajstić information content (AvgIpc) is 2.15. The maximum absolute atomic E-state index is 10.0. The lowest BCUT2D eigenvalue weighted by Crippen LogP contribution is -2.07. The Bertz CT molecular complexity index is 105. The van der Waals surface area contributed by atoms with Crippen molar-refractivity contribution in [1.82, 2.24) is 0 Å². The van der Waals surface area contributed by atoms with E-state index in [1.165, 1.54) is 6.42 Å². The lowest BCUT2D eigenvalue weighted by molar-refractivity contribution is -0.133. The van der Waals surface area contributed by atoms with Crippen molar-refractivity contribution in [1.29, 1.82) is 0 Å². The summed E-state index contributed by atoms with van der Waals surface area (Å²) in [6.07, 6.45) is 2.15. The largest absolute Gasteiger partial charge is 0.481 e. The van der Waals surface area contributed by atoms with E-state index in [1.807, 2.05) is 0 Å². The van der Waals surface area contributed by atoms with Crippen LogP contribution in [-0.4, -0.2) is 24.3 Å². The molecular weight excluding hydrogens is 120 g/mol. The van der Waals surface area contributed by atoms with Gasteiger partial charge in [-0.2, -0.15) is 0 Å². The van der Waals surface area contributed by atoms with Gasteiger partial charge in [-0.1, -0.05) is 0 Å². The van der Waals surface area contributed by atoms with Crippen LogP contribution in [0.25, 0.3) is 0 Å². The number of rotatable bonds is 2. The molecule has 3 heteroatoms. The maximum atomic E-state index is 10.0. The minimum Gasteiger partial charge on any atom is -0.481 e. The van der Waals surface area contributed by atoms with E-state index in [0.29, 0.717) is 13.2 Å². The van der Waals surface area contributed by atoms with Crippen molar-refractivity contribution < 1.29 is 14.6 Å². The van der Waals surface area contributed by atoms with Crippen LogP contribution in [0, 0.1) is 12.3 Å². The molecule has 0 amide bonds. The number of carboxylic acid groups (broad SMARTS) is 1. The zero-order valence-corrected chi connectivity index (χ0v) is 5.04. The molecule has 0 aromatic rings. The van der Waals surface area contributed by atoms with Gasteiger partial charge in [0.15, 0.2) is 0 Å². The number of ether oxygens (including phenoxy) is 1. The van der Waals surface area contributed by atoms with Gasteiger partial charge in [-0.15, -0.1) is 0 Å². The molecule has 9 heavy (non-hydrogen) atoms. The highest BCUT2D eigenvalue weighted by Crippen LogP contribution is 2.14. The van der Waals surface area contributed by atoms with Crippen LogP contribution in [0.5, 0.6) is 0 Å². The molecule has 1 N–H and O–H groups in total. The minimum absolute atomic E-state index is 0.141. The molecule has 0 aromatic heterocycles. The van der Waals surface area contributed by atoms with Crippen LogP contribution in [0.3, 0.4) is 0 Å². The Morgan fingerprint density at radius 1 is 1.78 bits per heavy atom. The Morgan fingerprint density at radius 3 is 3.00 bits per heavy atom. The van der Waals surface area contributed by atoms with Crippen LogP contribution in [0.2, 0.25) is 0 Å². The van der Waals surface area contributed by atoms with Gasteiger partial charge in [-0.25, -0.2) is 0 Å². The van der Waals surface area contributed by atoms with Crippen molar-refractivity contribution in [3.05, 3.63) is 6.42 Å². The van der Waals surface area contributed by atoms with Gasteiger partial charge in [0.2, 0.25) is 0 Å². The Morgan fingerprint density at radius 2 is 2.56 bits per heavy atom. The van der Waals surface area contributed by atoms with E-state index in [0.717, 1.165) is 6.42 Å². The third-order valence-electron chi connectivity index (χ3n) is 1.34. The van der Waals surface area contributed by atoms with E-state index in [9.17, 15) is 4.79 Å². The normalized spacial score (nSPS) is 26.4. The van der Waals surface area contributed by atoms with Crippen molar-refractivity contribution in [2.75, 3.05) is 13.2 Å². The predicted octanol–water partition coefficient (Wildman–Crippen LogP) is 0.312. The van der Waals surface area contributed by atoms with Gasteiger partial charge in [-0.3, -0.25) is 4.79 Å². The lowest BCUT2D eigenvalue weighted by atomic mass is 10.1. The van der Waals surface area contributed by atoms with Crippen LogP contribution in [0.15, 0.2) is 0 Å². The molecular formula is C6H9O3. The topological polar surface area (TPSA) is 46.5 Å². The molecule has 3 nitrogen and oxygen atoms in total. The number of aliphatic carboxylic acids is 1. The van der Waals surface area contributed by atoms with Gasteiger partial charge >= 0.3 is 5.97 Å². The molecule has 0 aromatic carbocycles. The van der Waals surface area contributed by atoms with Crippen LogP contribution in [-0.2, 0) is 9.53 Å². The van der Waals surface area contributed by atoms with Gasteiger partial charge in [0.05, 0.1) is 13.0 Å². The van der Waals surface area contributed by atoms with Crippen LogP contribution in [0.1, 0.15) is 6.42 Å². The minimum atomic E-state index is -0.842. The van der Waals surface area contributed by atoms with Crippen molar-refractivity contribution in [2.24, 2.45) is 5.92 Å². The zero-order valence-electron chi connectivity index (χ0n) is 5.04. The first-order chi connectivity index (χ1) is 4.29. The quantitative estimate of drug-likeness (QED) is 0.583. The lowest BCUT2D eigenvalue weighted by Gasteiger charge is -1.99. The summed E-state index contributed by atoms with van der Waals surface area (Å²) >= 11 is 0. The van der Waals surface area contributed by atoms with E-state index in [-0.39, 0.29) is 5.92 Å². The third-order valence-corrected chi connectivity index (χ3v) is 1.34. The van der Waals surface area contributed by atoms with E-state index >= 15 is 0 Å². The Hall–Kier alpha value is -0.570. The summed E-state index contributed by atoms with van der Waals surface area (Å²) in [5.74, 6) is -0.701. The molecule has 1 radical (unpaired) electrons. The molecule has 1 saturated heterocycles. The number of carboxylic acids is 1. The van der Waals surface area contributed by atoms with Gasteiger partial charge in [-0.05, 0) is 12.3 Å². The molecule has 1 atom stereocenters. The molecule has 51 valence electrons. The molecule has 1 aliphatic rings. The second-order valence-corrected chi connectivity index (χ2v) is 2.13. The fraction of sp³-hybridized carbons (Fsp3) is 0.667. The second kappa shape index (κ2) is 2.82. The SMILES string of the molecule is O=C(O)[CH]C1CCOC1. The Kier molecular flexibility index (Phi) is 2.05. The fourth-order valence-electron chi connectivity index (χ4n) is 0.886. The van der Waals surface area contributed by atoms with Gasteiger partial charge in [0, 0.05) is 6.61 Å². The zero-order chi connectivity index (χ0) is 6.69. The Balaban J connectivity index is 2.19. The predicted molar refractivity (Wildman–Crippen MR) is 30.9 cm³/mol. The molecule has 0 aliphatic carbocycles. The molecule has 1 fully saturated rings. The monoisotopic (exact) mass is 129 g/mol.